The van der Waals surface area contributed by atoms with Gasteiger partial charge in [-0.15, -0.1) is 0 Å². The Morgan fingerprint density at radius 1 is 1.19 bits per heavy atom. The van der Waals surface area contributed by atoms with Crippen LogP contribution in [0.4, 0.5) is 13.2 Å². The second-order valence-electron chi connectivity index (χ2n) is 8.84. The van der Waals surface area contributed by atoms with Crippen molar-refractivity contribution in [3.63, 3.8) is 0 Å². The van der Waals surface area contributed by atoms with Gasteiger partial charge in [-0.3, -0.25) is 19.5 Å². The van der Waals surface area contributed by atoms with Gasteiger partial charge in [0.05, 0.1) is 25.2 Å². The van der Waals surface area contributed by atoms with Crippen LogP contribution in [0, 0.1) is 0 Å². The van der Waals surface area contributed by atoms with Crippen LogP contribution < -0.4 is 15.0 Å². The number of likely N-dealkylation sites (tertiary alicyclic amines) is 1. The van der Waals surface area contributed by atoms with E-state index in [9.17, 15) is 22.8 Å². The maximum Gasteiger partial charge on any atom is 0.471 e. The summed E-state index contributed by atoms with van der Waals surface area (Å²) in [7, 11) is 5.91. The first-order chi connectivity index (χ1) is 17.0. The highest BCUT2D eigenvalue weighted by atomic mass is 19.4. The average Bonchev–Trinajstić information content (AvgIpc) is 2.85. The number of hydrogen-bond donors (Lipinski definition) is 0. The number of carbonyl (C=O) groups excluding carboxylic acids is 1. The molecule has 0 saturated carbocycles. The van der Waals surface area contributed by atoms with E-state index >= 15 is 0 Å². The van der Waals surface area contributed by atoms with Gasteiger partial charge in [-0.25, -0.2) is 0 Å². The number of rotatable bonds is 7. The van der Waals surface area contributed by atoms with Crippen molar-refractivity contribution < 1.29 is 27.4 Å². The number of likely N-dealkylation sites (N-methyl/N-ethyl adjacent to an activating group) is 1. The number of halogens is 3. The highest BCUT2D eigenvalue weighted by molar-refractivity contribution is 5.95. The van der Waals surface area contributed by atoms with Gasteiger partial charge >= 0.3 is 12.1 Å². The molecular formula is C25H27F3N4O4. The number of amides is 1. The van der Waals surface area contributed by atoms with Crippen LogP contribution in [0.15, 0.2) is 41.6 Å². The van der Waals surface area contributed by atoms with E-state index in [2.05, 4.69) is 4.98 Å². The normalized spacial score (nSPS) is 16.0. The fraction of sp³-hybridized carbons (Fsp3) is 0.400. The van der Waals surface area contributed by atoms with E-state index in [-0.39, 0.29) is 18.1 Å². The molecule has 1 saturated heterocycles. The molecule has 8 nitrogen and oxygen atoms in total. The summed E-state index contributed by atoms with van der Waals surface area (Å²) in [5.41, 5.74) is 2.16. The molecule has 1 aliphatic rings. The van der Waals surface area contributed by atoms with E-state index in [1.807, 2.05) is 17.0 Å². The number of fused-ring (bicyclic) bond motifs is 1. The number of methoxy groups -OCH3 is 2. The Morgan fingerprint density at radius 2 is 1.86 bits per heavy atom. The van der Waals surface area contributed by atoms with Crippen LogP contribution in [0.3, 0.4) is 0 Å². The number of benzene rings is 1. The first-order valence-corrected chi connectivity index (χ1v) is 11.3. The Labute approximate surface area is 205 Å². The van der Waals surface area contributed by atoms with Crippen LogP contribution in [0.1, 0.15) is 12.0 Å². The second-order valence-corrected chi connectivity index (χ2v) is 8.84. The lowest BCUT2D eigenvalue weighted by Gasteiger charge is -2.43. The van der Waals surface area contributed by atoms with Gasteiger partial charge in [-0.05, 0) is 35.6 Å². The summed E-state index contributed by atoms with van der Waals surface area (Å²) < 4.78 is 51.2. The summed E-state index contributed by atoms with van der Waals surface area (Å²) in [5, 5.41) is 1.23. The van der Waals surface area contributed by atoms with Crippen molar-refractivity contribution in [2.75, 3.05) is 34.4 Å². The van der Waals surface area contributed by atoms with Crippen molar-refractivity contribution >= 4 is 16.7 Å². The predicted octanol–water partition coefficient (Wildman–Crippen LogP) is 3.21. The number of ether oxygens (including phenoxy) is 2. The Bertz CT molecular complexity index is 1330. The quantitative estimate of drug-likeness (QED) is 0.492. The largest absolute Gasteiger partial charge is 0.496 e. The zero-order chi connectivity index (χ0) is 26.2. The molecule has 0 spiro atoms. The zero-order valence-electron chi connectivity index (χ0n) is 20.4. The van der Waals surface area contributed by atoms with Crippen LogP contribution in [-0.4, -0.2) is 71.8 Å². The Morgan fingerprint density at radius 3 is 2.42 bits per heavy atom. The lowest BCUT2D eigenvalue weighted by Crippen LogP contribution is -2.54. The molecule has 0 N–H and O–H groups in total. The monoisotopic (exact) mass is 504 g/mol. The van der Waals surface area contributed by atoms with E-state index in [0.717, 1.165) is 29.1 Å². The first-order valence-electron chi connectivity index (χ1n) is 11.3. The lowest BCUT2D eigenvalue weighted by atomic mass is 9.97. The van der Waals surface area contributed by atoms with Crippen LogP contribution in [0.25, 0.3) is 21.9 Å². The Kier molecular flexibility index (Phi) is 6.94. The van der Waals surface area contributed by atoms with Crippen LogP contribution >= 0.6 is 0 Å². The molecule has 0 aliphatic carbocycles. The van der Waals surface area contributed by atoms with Gasteiger partial charge in [0.1, 0.15) is 11.5 Å². The van der Waals surface area contributed by atoms with Gasteiger partial charge in [0.25, 0.3) is 5.56 Å². The standard InChI is InChI=1S/C25H27F3N4O4/c1-30-13-19(17-5-7-29-11-18(17)23(30)33)15-9-21(35-3)20(22(10-15)36-4)14-32-8-6-16(32)12-31(2)24(34)25(26,27)28/h5,7,9-11,13,16H,6,8,12,14H2,1-4H3/t16-/m0/s1. The molecule has 1 aliphatic heterocycles. The predicted molar refractivity (Wildman–Crippen MR) is 128 cm³/mol. The molecule has 2 aromatic heterocycles. The number of nitrogens with zero attached hydrogens (tertiary/aromatic N) is 4. The minimum atomic E-state index is -4.90. The fourth-order valence-corrected chi connectivity index (χ4v) is 4.56. The van der Waals surface area contributed by atoms with Crippen molar-refractivity contribution in [1.29, 1.82) is 0 Å². The third-order valence-corrected chi connectivity index (χ3v) is 6.60. The second kappa shape index (κ2) is 9.81. The molecule has 0 bridgehead atoms. The molecule has 3 aromatic rings. The third-order valence-electron chi connectivity index (χ3n) is 6.60. The molecular weight excluding hydrogens is 477 g/mol. The zero-order valence-corrected chi connectivity index (χ0v) is 20.4. The summed E-state index contributed by atoms with van der Waals surface area (Å²) in [6.45, 7) is 1.02. The fourth-order valence-electron chi connectivity index (χ4n) is 4.56. The molecule has 0 unspecified atom stereocenters. The van der Waals surface area contributed by atoms with Crippen molar-refractivity contribution in [3.05, 3.63) is 52.7 Å². The van der Waals surface area contributed by atoms with Gasteiger partial charge in [0.2, 0.25) is 0 Å². The van der Waals surface area contributed by atoms with Gasteiger partial charge in [-0.2, -0.15) is 13.2 Å². The van der Waals surface area contributed by atoms with Crippen molar-refractivity contribution in [3.8, 4) is 22.6 Å². The maximum atomic E-state index is 12.8. The number of aromatic nitrogens is 2. The Balaban J connectivity index is 1.66. The summed E-state index contributed by atoms with van der Waals surface area (Å²) >= 11 is 0. The number of pyridine rings is 2. The molecule has 192 valence electrons. The van der Waals surface area contributed by atoms with Crippen LogP contribution in [0.5, 0.6) is 11.5 Å². The molecule has 1 atom stereocenters. The van der Waals surface area contributed by atoms with E-state index in [1.165, 1.54) is 25.0 Å². The average molecular weight is 505 g/mol. The van der Waals surface area contributed by atoms with Crippen molar-refractivity contribution in [1.82, 2.24) is 19.4 Å². The van der Waals surface area contributed by atoms with E-state index in [4.69, 9.17) is 9.47 Å². The number of alkyl halides is 3. The van der Waals surface area contributed by atoms with Gasteiger partial charge in [0, 0.05) is 63.9 Å². The van der Waals surface area contributed by atoms with Crippen LogP contribution in [-0.2, 0) is 18.4 Å². The van der Waals surface area contributed by atoms with Crippen molar-refractivity contribution in [2.24, 2.45) is 7.05 Å². The number of hydrogen-bond acceptors (Lipinski definition) is 6. The summed E-state index contributed by atoms with van der Waals surface area (Å²) in [4.78, 5) is 30.9. The molecule has 0 radical (unpaired) electrons. The highest BCUT2D eigenvalue weighted by Gasteiger charge is 2.43. The summed E-state index contributed by atoms with van der Waals surface area (Å²) in [6, 6.07) is 5.27. The summed E-state index contributed by atoms with van der Waals surface area (Å²) in [6.07, 6.45) is 0.688. The van der Waals surface area contributed by atoms with E-state index in [0.29, 0.717) is 41.3 Å². The molecule has 4 rings (SSSR count). The number of aryl methyl sites for hydroxylation is 1. The van der Waals surface area contributed by atoms with E-state index in [1.54, 1.807) is 25.5 Å². The summed E-state index contributed by atoms with van der Waals surface area (Å²) in [5.74, 6) is -0.759. The molecule has 3 heterocycles. The van der Waals surface area contributed by atoms with Gasteiger partial charge < -0.3 is 18.9 Å². The number of carbonyl (C=O) groups is 1. The minimum absolute atomic E-state index is 0.0286. The smallest absolute Gasteiger partial charge is 0.471 e. The SMILES string of the molecule is COc1cc(-c2cn(C)c(=O)c3cnccc23)cc(OC)c1CN1CC[C@H]1CN(C)C(=O)C(F)(F)F. The molecule has 11 heteroatoms. The molecule has 1 fully saturated rings. The highest BCUT2D eigenvalue weighted by Crippen LogP contribution is 2.39. The Hall–Kier alpha value is -3.60. The van der Waals surface area contributed by atoms with Crippen LogP contribution in [0.2, 0.25) is 0 Å². The minimum Gasteiger partial charge on any atom is -0.496 e. The van der Waals surface area contributed by atoms with E-state index < -0.39 is 12.1 Å². The molecule has 36 heavy (non-hydrogen) atoms. The maximum absolute atomic E-state index is 12.8. The third kappa shape index (κ3) is 4.75. The van der Waals surface area contributed by atoms with Gasteiger partial charge in [0.15, 0.2) is 0 Å². The molecule has 1 amide bonds. The first kappa shape index (κ1) is 25.5. The van der Waals surface area contributed by atoms with Gasteiger partial charge in [-0.1, -0.05) is 0 Å². The topological polar surface area (TPSA) is 76.9 Å². The lowest BCUT2D eigenvalue weighted by molar-refractivity contribution is -0.185. The van der Waals surface area contributed by atoms with Crippen molar-refractivity contribution in [2.45, 2.75) is 25.2 Å². The molecule has 1 aromatic carbocycles.